The average Bonchev–Trinajstić information content (AvgIpc) is 2.51. The molecular formula is C18H36N2O. The van der Waals surface area contributed by atoms with E-state index in [4.69, 9.17) is 4.74 Å². The molecule has 1 spiro atoms. The summed E-state index contributed by atoms with van der Waals surface area (Å²) in [6, 6.07) is 0.693. The van der Waals surface area contributed by atoms with Gasteiger partial charge < -0.3 is 10.1 Å². The number of rotatable bonds is 8. The quantitative estimate of drug-likeness (QED) is 0.693. The summed E-state index contributed by atoms with van der Waals surface area (Å²) in [6.45, 7) is 9.94. The molecular weight excluding hydrogens is 260 g/mol. The molecule has 0 aromatic rings. The highest BCUT2D eigenvalue weighted by atomic mass is 16.5. The molecule has 1 aliphatic heterocycles. The van der Waals surface area contributed by atoms with E-state index in [1.54, 1.807) is 0 Å². The van der Waals surface area contributed by atoms with Crippen LogP contribution in [-0.2, 0) is 4.74 Å². The van der Waals surface area contributed by atoms with Crippen LogP contribution in [0.1, 0.15) is 71.6 Å². The highest BCUT2D eigenvalue weighted by molar-refractivity contribution is 5.00. The standard InChI is InChI=1S/C18H36N2O/c1-3-5-13-21-14-12-20-15-17(9-4-2)19-16-18(20)10-7-6-8-11-18/h17,19H,3-16H2,1-2H3. The van der Waals surface area contributed by atoms with Gasteiger partial charge in [0.2, 0.25) is 0 Å². The minimum atomic E-state index is 0.441. The highest BCUT2D eigenvalue weighted by Crippen LogP contribution is 2.35. The van der Waals surface area contributed by atoms with Crippen LogP contribution >= 0.6 is 0 Å². The lowest BCUT2D eigenvalue weighted by molar-refractivity contribution is -0.0128. The van der Waals surface area contributed by atoms with Gasteiger partial charge >= 0.3 is 0 Å². The lowest BCUT2D eigenvalue weighted by atomic mass is 9.78. The molecule has 21 heavy (non-hydrogen) atoms. The Morgan fingerprint density at radius 1 is 1.10 bits per heavy atom. The molecule has 1 heterocycles. The molecule has 2 rings (SSSR count). The van der Waals surface area contributed by atoms with Gasteiger partial charge in [-0.05, 0) is 25.7 Å². The van der Waals surface area contributed by atoms with E-state index in [2.05, 4.69) is 24.1 Å². The number of ether oxygens (including phenoxy) is 1. The van der Waals surface area contributed by atoms with Crippen LogP contribution in [0, 0.1) is 0 Å². The second kappa shape index (κ2) is 9.12. The predicted molar refractivity (Wildman–Crippen MR) is 89.8 cm³/mol. The normalized spacial score (nSPS) is 26.3. The molecule has 0 amide bonds. The maximum Gasteiger partial charge on any atom is 0.0593 e. The lowest BCUT2D eigenvalue weighted by Crippen LogP contribution is -2.65. The van der Waals surface area contributed by atoms with Crippen molar-refractivity contribution in [1.29, 1.82) is 0 Å². The van der Waals surface area contributed by atoms with Crippen molar-refractivity contribution in [1.82, 2.24) is 10.2 Å². The Labute approximate surface area is 131 Å². The van der Waals surface area contributed by atoms with Crippen molar-refractivity contribution >= 4 is 0 Å². The molecule has 124 valence electrons. The van der Waals surface area contributed by atoms with Crippen LogP contribution in [0.15, 0.2) is 0 Å². The summed E-state index contributed by atoms with van der Waals surface area (Å²) in [4.78, 5) is 2.79. The van der Waals surface area contributed by atoms with Gasteiger partial charge in [0, 0.05) is 37.8 Å². The fourth-order valence-electron chi connectivity index (χ4n) is 4.07. The molecule has 2 fully saturated rings. The smallest absolute Gasteiger partial charge is 0.0593 e. The van der Waals surface area contributed by atoms with Crippen LogP contribution in [0.3, 0.4) is 0 Å². The van der Waals surface area contributed by atoms with E-state index in [-0.39, 0.29) is 0 Å². The van der Waals surface area contributed by atoms with Crippen LogP contribution in [0.25, 0.3) is 0 Å². The van der Waals surface area contributed by atoms with Crippen molar-refractivity contribution in [2.45, 2.75) is 83.2 Å². The Morgan fingerprint density at radius 2 is 1.90 bits per heavy atom. The summed E-state index contributed by atoms with van der Waals surface area (Å²) in [6.07, 6.45) is 12.0. The van der Waals surface area contributed by atoms with Crippen LogP contribution in [0.4, 0.5) is 0 Å². The zero-order valence-corrected chi connectivity index (χ0v) is 14.3. The zero-order chi connectivity index (χ0) is 15.0. The largest absolute Gasteiger partial charge is 0.380 e. The molecule has 1 saturated heterocycles. The Kier molecular flexibility index (Phi) is 7.48. The molecule has 1 unspecified atom stereocenters. The first-order valence-corrected chi connectivity index (χ1v) is 9.37. The van der Waals surface area contributed by atoms with Crippen molar-refractivity contribution in [3.8, 4) is 0 Å². The van der Waals surface area contributed by atoms with E-state index in [1.165, 1.54) is 70.9 Å². The van der Waals surface area contributed by atoms with Gasteiger partial charge in [-0.3, -0.25) is 4.90 Å². The monoisotopic (exact) mass is 296 g/mol. The van der Waals surface area contributed by atoms with E-state index < -0.39 is 0 Å². The topological polar surface area (TPSA) is 24.5 Å². The van der Waals surface area contributed by atoms with Crippen LogP contribution < -0.4 is 5.32 Å². The molecule has 0 bridgehead atoms. The number of nitrogens with zero attached hydrogens (tertiary/aromatic N) is 1. The lowest BCUT2D eigenvalue weighted by Gasteiger charge is -2.52. The number of hydrogen-bond acceptors (Lipinski definition) is 3. The number of hydrogen-bond donors (Lipinski definition) is 1. The second-order valence-corrected chi connectivity index (χ2v) is 7.06. The van der Waals surface area contributed by atoms with Gasteiger partial charge in [-0.25, -0.2) is 0 Å². The van der Waals surface area contributed by atoms with Crippen LogP contribution in [0.2, 0.25) is 0 Å². The maximum absolute atomic E-state index is 5.84. The Bertz CT molecular complexity index is 276. The van der Waals surface area contributed by atoms with Gasteiger partial charge in [0.15, 0.2) is 0 Å². The van der Waals surface area contributed by atoms with Crippen molar-refractivity contribution in [3.05, 3.63) is 0 Å². The summed E-state index contributed by atoms with van der Waals surface area (Å²) in [5, 5.41) is 3.84. The minimum Gasteiger partial charge on any atom is -0.380 e. The Morgan fingerprint density at radius 3 is 2.62 bits per heavy atom. The SMILES string of the molecule is CCCCOCCN1CC(CCC)NCC12CCCCC2. The molecule has 3 heteroatoms. The van der Waals surface area contributed by atoms with E-state index in [0.717, 1.165) is 19.8 Å². The Hall–Kier alpha value is -0.120. The molecule has 1 N–H and O–H groups in total. The summed E-state index contributed by atoms with van der Waals surface area (Å²) < 4.78 is 5.84. The third-order valence-corrected chi connectivity index (χ3v) is 5.40. The molecule has 0 radical (unpaired) electrons. The van der Waals surface area contributed by atoms with Crippen molar-refractivity contribution in [2.24, 2.45) is 0 Å². The van der Waals surface area contributed by atoms with E-state index in [0.29, 0.717) is 11.6 Å². The summed E-state index contributed by atoms with van der Waals surface area (Å²) in [5.41, 5.74) is 0.441. The first kappa shape index (κ1) is 17.2. The fraction of sp³-hybridized carbons (Fsp3) is 1.00. The average molecular weight is 296 g/mol. The molecule has 1 atom stereocenters. The summed E-state index contributed by atoms with van der Waals surface area (Å²) in [7, 11) is 0. The van der Waals surface area contributed by atoms with Crippen LogP contribution in [-0.4, -0.2) is 49.3 Å². The number of nitrogens with one attached hydrogen (secondary N) is 1. The number of unbranched alkanes of at least 4 members (excludes halogenated alkanes) is 1. The van der Waals surface area contributed by atoms with Crippen LogP contribution in [0.5, 0.6) is 0 Å². The van der Waals surface area contributed by atoms with Crippen molar-refractivity contribution in [2.75, 3.05) is 32.8 Å². The third kappa shape index (κ3) is 4.94. The third-order valence-electron chi connectivity index (χ3n) is 5.40. The molecule has 1 saturated carbocycles. The fourth-order valence-corrected chi connectivity index (χ4v) is 4.07. The van der Waals surface area contributed by atoms with Gasteiger partial charge in [-0.2, -0.15) is 0 Å². The predicted octanol–water partition coefficient (Wildman–Crippen LogP) is 3.58. The molecule has 1 aliphatic carbocycles. The van der Waals surface area contributed by atoms with Crippen molar-refractivity contribution in [3.63, 3.8) is 0 Å². The van der Waals surface area contributed by atoms with Gasteiger partial charge in [0.05, 0.1) is 6.61 Å². The highest BCUT2D eigenvalue weighted by Gasteiger charge is 2.41. The van der Waals surface area contributed by atoms with Gasteiger partial charge in [0.1, 0.15) is 0 Å². The zero-order valence-electron chi connectivity index (χ0n) is 14.3. The van der Waals surface area contributed by atoms with Crippen molar-refractivity contribution < 1.29 is 4.74 Å². The first-order valence-electron chi connectivity index (χ1n) is 9.37. The Balaban J connectivity index is 1.85. The maximum atomic E-state index is 5.84. The molecule has 0 aromatic carbocycles. The van der Waals surface area contributed by atoms with Gasteiger partial charge in [-0.1, -0.05) is 46.0 Å². The van der Waals surface area contributed by atoms with E-state index in [9.17, 15) is 0 Å². The number of piperazine rings is 1. The minimum absolute atomic E-state index is 0.441. The molecule has 3 nitrogen and oxygen atoms in total. The second-order valence-electron chi connectivity index (χ2n) is 7.06. The van der Waals surface area contributed by atoms with E-state index in [1.807, 2.05) is 0 Å². The molecule has 0 aromatic heterocycles. The summed E-state index contributed by atoms with van der Waals surface area (Å²) >= 11 is 0. The van der Waals surface area contributed by atoms with E-state index >= 15 is 0 Å². The molecule has 2 aliphatic rings. The van der Waals surface area contributed by atoms with Gasteiger partial charge in [0.25, 0.3) is 0 Å². The first-order chi connectivity index (χ1) is 10.3. The van der Waals surface area contributed by atoms with Gasteiger partial charge in [-0.15, -0.1) is 0 Å². The summed E-state index contributed by atoms with van der Waals surface area (Å²) in [5.74, 6) is 0.